The van der Waals surface area contributed by atoms with Crippen LogP contribution in [0.2, 0.25) is 0 Å². The highest BCUT2D eigenvalue weighted by Gasteiger charge is 2.14. The van der Waals surface area contributed by atoms with Gasteiger partial charge in [0.15, 0.2) is 5.78 Å². The molecule has 0 amide bonds. The molecular formula is C20H16O3S. The summed E-state index contributed by atoms with van der Waals surface area (Å²) >= 11 is 1.47. The normalized spacial score (nSPS) is 10.4. The minimum Gasteiger partial charge on any atom is -0.428 e. The molecule has 1 aromatic heterocycles. The van der Waals surface area contributed by atoms with E-state index in [1.165, 1.54) is 11.3 Å². The van der Waals surface area contributed by atoms with Gasteiger partial charge in [0.2, 0.25) is 0 Å². The number of rotatable bonds is 6. The Hall–Kier alpha value is -2.72. The largest absolute Gasteiger partial charge is 0.428 e. The van der Waals surface area contributed by atoms with E-state index in [1.807, 2.05) is 61.5 Å². The summed E-state index contributed by atoms with van der Waals surface area (Å²) in [5.74, 6) is 0.481. The van der Waals surface area contributed by atoms with Crippen molar-refractivity contribution in [3.05, 3.63) is 76.0 Å². The predicted octanol–water partition coefficient (Wildman–Crippen LogP) is 4.68. The van der Waals surface area contributed by atoms with Gasteiger partial charge in [0.05, 0.1) is 4.88 Å². The van der Waals surface area contributed by atoms with Crippen LogP contribution >= 0.6 is 11.3 Å². The first-order valence-corrected chi connectivity index (χ1v) is 8.37. The van der Waals surface area contributed by atoms with E-state index >= 15 is 0 Å². The molecule has 2 aromatic carbocycles. The number of ether oxygens (including phenoxy) is 1. The van der Waals surface area contributed by atoms with Gasteiger partial charge in [-0.25, -0.2) is 0 Å². The van der Waals surface area contributed by atoms with Crippen LogP contribution < -0.4 is 4.74 Å². The predicted molar refractivity (Wildman–Crippen MR) is 95.7 cm³/mol. The molecule has 3 nitrogen and oxygen atoms in total. The summed E-state index contributed by atoms with van der Waals surface area (Å²) in [6.07, 6.45) is 0.229. The van der Waals surface area contributed by atoms with Crippen LogP contribution in [0.25, 0.3) is 11.1 Å². The summed E-state index contributed by atoms with van der Waals surface area (Å²) in [4.78, 5) is 24.8. The molecule has 0 spiro atoms. The van der Waals surface area contributed by atoms with Gasteiger partial charge in [-0.15, -0.1) is 11.3 Å². The SMILES string of the molecule is Cc1cc(OC=O)c(CC(=O)c2ccc(-c3ccccc3)cc2)s1. The number of carbonyl (C=O) groups excluding carboxylic acids is 2. The van der Waals surface area contributed by atoms with Crippen LogP contribution in [0.1, 0.15) is 20.1 Å². The summed E-state index contributed by atoms with van der Waals surface area (Å²) < 4.78 is 4.95. The van der Waals surface area contributed by atoms with Gasteiger partial charge in [-0.05, 0) is 24.1 Å². The Labute approximate surface area is 144 Å². The van der Waals surface area contributed by atoms with Crippen molar-refractivity contribution in [2.24, 2.45) is 0 Å². The third kappa shape index (κ3) is 3.60. The summed E-state index contributed by atoms with van der Waals surface area (Å²) in [7, 11) is 0. The van der Waals surface area contributed by atoms with E-state index in [4.69, 9.17) is 4.74 Å². The first-order valence-electron chi connectivity index (χ1n) is 7.55. The number of aryl methyl sites for hydroxylation is 1. The Bertz CT molecular complexity index is 848. The quantitative estimate of drug-likeness (QED) is 0.485. The zero-order valence-corrected chi connectivity index (χ0v) is 14.0. The fourth-order valence-electron chi connectivity index (χ4n) is 2.54. The van der Waals surface area contributed by atoms with Crippen LogP contribution in [0.5, 0.6) is 5.75 Å². The fourth-order valence-corrected chi connectivity index (χ4v) is 3.51. The lowest BCUT2D eigenvalue weighted by Crippen LogP contribution is -2.03. The van der Waals surface area contributed by atoms with E-state index in [9.17, 15) is 9.59 Å². The second kappa shape index (κ2) is 7.23. The molecule has 3 aromatic rings. The molecule has 24 heavy (non-hydrogen) atoms. The molecule has 0 aliphatic rings. The number of carbonyl (C=O) groups is 2. The molecule has 0 saturated heterocycles. The Kier molecular flexibility index (Phi) is 4.87. The zero-order chi connectivity index (χ0) is 16.9. The van der Waals surface area contributed by atoms with Crippen molar-refractivity contribution in [2.75, 3.05) is 0 Å². The lowest BCUT2D eigenvalue weighted by atomic mass is 10.0. The van der Waals surface area contributed by atoms with Gasteiger partial charge in [-0.2, -0.15) is 0 Å². The molecule has 3 rings (SSSR count). The molecule has 0 saturated carbocycles. The Morgan fingerprint density at radius 1 is 1.04 bits per heavy atom. The maximum Gasteiger partial charge on any atom is 0.298 e. The zero-order valence-electron chi connectivity index (χ0n) is 13.2. The van der Waals surface area contributed by atoms with Crippen LogP contribution in [-0.4, -0.2) is 12.3 Å². The van der Waals surface area contributed by atoms with Crippen molar-refractivity contribution < 1.29 is 14.3 Å². The molecule has 0 unspecified atom stereocenters. The third-order valence-electron chi connectivity index (χ3n) is 3.70. The maximum absolute atomic E-state index is 12.5. The number of benzene rings is 2. The molecule has 0 fully saturated rings. The minimum atomic E-state index is 0.00668. The molecule has 0 N–H and O–H groups in total. The Morgan fingerprint density at radius 3 is 2.38 bits per heavy atom. The van der Waals surface area contributed by atoms with Gasteiger partial charge in [0.1, 0.15) is 5.75 Å². The lowest BCUT2D eigenvalue weighted by molar-refractivity contribution is -0.120. The molecule has 1 heterocycles. The van der Waals surface area contributed by atoms with Crippen LogP contribution in [0.15, 0.2) is 60.7 Å². The van der Waals surface area contributed by atoms with E-state index in [0.717, 1.165) is 20.9 Å². The summed E-state index contributed by atoms with van der Waals surface area (Å²) in [5.41, 5.74) is 2.84. The molecule has 0 radical (unpaired) electrons. The van der Waals surface area contributed by atoms with Gasteiger partial charge < -0.3 is 4.74 Å². The summed E-state index contributed by atoms with van der Waals surface area (Å²) in [6.45, 7) is 2.31. The van der Waals surface area contributed by atoms with E-state index in [1.54, 1.807) is 6.07 Å². The highest BCUT2D eigenvalue weighted by Crippen LogP contribution is 2.30. The topological polar surface area (TPSA) is 43.4 Å². The monoisotopic (exact) mass is 336 g/mol. The second-order valence-corrected chi connectivity index (χ2v) is 6.74. The lowest BCUT2D eigenvalue weighted by Gasteiger charge is -2.04. The molecule has 120 valence electrons. The minimum absolute atomic E-state index is 0.00668. The highest BCUT2D eigenvalue weighted by molar-refractivity contribution is 7.12. The average molecular weight is 336 g/mol. The van der Waals surface area contributed by atoms with Crippen molar-refractivity contribution in [3.63, 3.8) is 0 Å². The number of thiophene rings is 1. The van der Waals surface area contributed by atoms with E-state index in [0.29, 0.717) is 17.8 Å². The van der Waals surface area contributed by atoms with Gasteiger partial charge in [0, 0.05) is 16.9 Å². The maximum atomic E-state index is 12.5. The first-order chi connectivity index (χ1) is 11.7. The standard InChI is InChI=1S/C20H16O3S/c1-14-11-19(23-13-21)20(24-14)12-18(22)17-9-7-16(8-10-17)15-5-3-2-4-6-15/h2-11,13H,12H2,1H3. The number of hydrogen-bond acceptors (Lipinski definition) is 4. The number of Topliss-reactive ketones (excluding diaryl/α,β-unsaturated/α-hetero) is 1. The van der Waals surface area contributed by atoms with Crippen molar-refractivity contribution in [1.29, 1.82) is 0 Å². The van der Waals surface area contributed by atoms with Crippen molar-refractivity contribution in [3.8, 4) is 16.9 Å². The number of ketones is 1. The number of hydrogen-bond donors (Lipinski definition) is 0. The van der Waals surface area contributed by atoms with Crippen molar-refractivity contribution in [1.82, 2.24) is 0 Å². The van der Waals surface area contributed by atoms with Gasteiger partial charge in [0.25, 0.3) is 6.47 Å². The molecule has 0 bridgehead atoms. The van der Waals surface area contributed by atoms with Crippen molar-refractivity contribution >= 4 is 23.6 Å². The Balaban J connectivity index is 1.77. The van der Waals surface area contributed by atoms with Gasteiger partial charge >= 0.3 is 0 Å². The van der Waals surface area contributed by atoms with Crippen LogP contribution in [0, 0.1) is 6.92 Å². The molecule has 0 aliphatic heterocycles. The third-order valence-corrected chi connectivity index (χ3v) is 4.74. The second-order valence-electron chi connectivity index (χ2n) is 5.40. The molecular weight excluding hydrogens is 320 g/mol. The smallest absolute Gasteiger partial charge is 0.298 e. The summed E-state index contributed by atoms with van der Waals surface area (Å²) in [6, 6.07) is 19.4. The van der Waals surface area contributed by atoms with Gasteiger partial charge in [-0.3, -0.25) is 9.59 Å². The van der Waals surface area contributed by atoms with Gasteiger partial charge in [-0.1, -0.05) is 54.6 Å². The van der Waals surface area contributed by atoms with E-state index in [-0.39, 0.29) is 12.2 Å². The molecule has 0 aliphatic carbocycles. The molecule has 0 atom stereocenters. The first kappa shape index (κ1) is 16.1. The summed E-state index contributed by atoms with van der Waals surface area (Å²) in [5, 5.41) is 0. The van der Waals surface area contributed by atoms with Crippen LogP contribution in [0.3, 0.4) is 0 Å². The fraction of sp³-hybridized carbons (Fsp3) is 0.100. The Morgan fingerprint density at radius 2 is 1.71 bits per heavy atom. The average Bonchev–Trinajstić information content (AvgIpc) is 2.95. The highest BCUT2D eigenvalue weighted by atomic mass is 32.1. The van der Waals surface area contributed by atoms with E-state index < -0.39 is 0 Å². The van der Waals surface area contributed by atoms with Crippen LogP contribution in [-0.2, 0) is 11.2 Å². The van der Waals surface area contributed by atoms with Crippen molar-refractivity contribution in [2.45, 2.75) is 13.3 Å². The molecule has 4 heteroatoms. The van der Waals surface area contributed by atoms with Crippen LogP contribution in [0.4, 0.5) is 0 Å². The van der Waals surface area contributed by atoms with E-state index in [2.05, 4.69) is 0 Å².